The van der Waals surface area contributed by atoms with Gasteiger partial charge in [-0.1, -0.05) is 18.6 Å². The van der Waals surface area contributed by atoms with Gasteiger partial charge < -0.3 is 40.7 Å². The van der Waals surface area contributed by atoms with Crippen LogP contribution < -0.4 is 16.0 Å². The first-order valence-corrected chi connectivity index (χ1v) is 15.0. The number of hydrogen-bond donors (Lipinski definition) is 6. The molecule has 10 unspecified atom stereocenters. The summed E-state index contributed by atoms with van der Waals surface area (Å²) in [6.07, 6.45) is 2.30. The van der Waals surface area contributed by atoms with Gasteiger partial charge in [-0.3, -0.25) is 9.59 Å². The van der Waals surface area contributed by atoms with Gasteiger partial charge in [0.25, 0.3) is 5.91 Å². The Hall–Kier alpha value is -2.06. The van der Waals surface area contributed by atoms with Gasteiger partial charge in [-0.15, -0.1) is 11.8 Å². The van der Waals surface area contributed by atoms with Crippen LogP contribution in [0, 0.1) is 11.7 Å². The molecule has 1 aromatic carbocycles. The van der Waals surface area contributed by atoms with Crippen LogP contribution in [0.2, 0.25) is 0 Å². The van der Waals surface area contributed by atoms with Crippen LogP contribution in [0.1, 0.15) is 42.5 Å². The van der Waals surface area contributed by atoms with E-state index in [1.807, 2.05) is 12.2 Å². The van der Waals surface area contributed by atoms with E-state index >= 15 is 0 Å². The molecule has 220 valence electrons. The van der Waals surface area contributed by atoms with Crippen LogP contribution in [0.3, 0.4) is 0 Å². The third-order valence-corrected chi connectivity index (χ3v) is 9.57. The molecule has 5 rings (SSSR count). The van der Waals surface area contributed by atoms with Gasteiger partial charge in [0.2, 0.25) is 5.91 Å². The van der Waals surface area contributed by atoms with E-state index < -0.39 is 47.8 Å². The number of carbonyl (C=O) groups is 2. The van der Waals surface area contributed by atoms with E-state index in [9.17, 15) is 29.3 Å². The third kappa shape index (κ3) is 6.70. The second kappa shape index (κ2) is 13.3. The average Bonchev–Trinajstić information content (AvgIpc) is 3.21. The third-order valence-electron chi connectivity index (χ3n) is 8.16. The Kier molecular flexibility index (Phi) is 9.77. The SMILES string of the molecule is O=C(NCC1C/C=C\CC(NC(=O)C2NCC3CCCCOC32)C2OC(S1)C(O)C(O)C2O)c1ccc(F)cc1. The maximum absolute atomic E-state index is 13.4. The molecule has 10 atom stereocenters. The van der Waals surface area contributed by atoms with Crippen LogP contribution in [0.15, 0.2) is 36.4 Å². The fourth-order valence-electron chi connectivity index (χ4n) is 5.90. The number of ether oxygens (including phenoxy) is 2. The predicted molar refractivity (Wildman–Crippen MR) is 146 cm³/mol. The van der Waals surface area contributed by atoms with E-state index in [0.29, 0.717) is 31.6 Å². The first-order chi connectivity index (χ1) is 19.3. The number of carbonyl (C=O) groups excluding carboxylic acids is 2. The summed E-state index contributed by atoms with van der Waals surface area (Å²) in [4.78, 5) is 25.9. The second-order valence-corrected chi connectivity index (χ2v) is 12.4. The number of aliphatic hydroxyl groups is 3. The van der Waals surface area contributed by atoms with Gasteiger partial charge in [-0.25, -0.2) is 4.39 Å². The minimum atomic E-state index is -1.48. The Bertz CT molecular complexity index is 1060. The van der Waals surface area contributed by atoms with E-state index in [0.717, 1.165) is 19.3 Å². The Balaban J connectivity index is 1.26. The molecule has 2 bridgehead atoms. The molecular formula is C28H38FN3O7S. The molecule has 0 saturated carbocycles. The summed E-state index contributed by atoms with van der Waals surface area (Å²) >= 11 is 1.25. The van der Waals surface area contributed by atoms with Crippen molar-refractivity contribution in [2.24, 2.45) is 5.92 Å². The number of benzene rings is 1. The first kappa shape index (κ1) is 29.4. The van der Waals surface area contributed by atoms with Crippen molar-refractivity contribution in [3.8, 4) is 0 Å². The van der Waals surface area contributed by atoms with Gasteiger partial charge in [0.1, 0.15) is 41.7 Å². The average molecular weight is 580 g/mol. The zero-order chi connectivity index (χ0) is 28.2. The van der Waals surface area contributed by atoms with Gasteiger partial charge in [0.05, 0.1) is 12.1 Å². The minimum absolute atomic E-state index is 0.212. The minimum Gasteiger partial charge on any atom is -0.388 e. The first-order valence-electron chi connectivity index (χ1n) is 14.0. The van der Waals surface area contributed by atoms with Gasteiger partial charge in [-0.2, -0.15) is 0 Å². The summed E-state index contributed by atoms with van der Waals surface area (Å²) in [5.74, 6) is -0.758. The molecule has 1 aromatic rings. The van der Waals surface area contributed by atoms with Gasteiger partial charge >= 0.3 is 0 Å². The number of allylic oxidation sites excluding steroid dienone is 1. The second-order valence-electron chi connectivity index (χ2n) is 11.0. The van der Waals surface area contributed by atoms with Crippen molar-refractivity contribution in [3.05, 3.63) is 47.8 Å². The molecule has 3 fully saturated rings. The van der Waals surface area contributed by atoms with Crippen LogP contribution in [-0.4, -0.2) is 100 Å². The summed E-state index contributed by atoms with van der Waals surface area (Å²) < 4.78 is 25.4. The molecule has 0 radical (unpaired) electrons. The molecule has 4 heterocycles. The molecule has 0 aromatic heterocycles. The quantitative estimate of drug-likeness (QED) is 0.274. The summed E-state index contributed by atoms with van der Waals surface area (Å²) in [5, 5.41) is 41.2. The van der Waals surface area contributed by atoms with Gasteiger partial charge in [-0.05, 0) is 55.9 Å². The fraction of sp³-hybridized carbons (Fsp3) is 0.643. The predicted octanol–water partition coefficient (Wildman–Crippen LogP) is 0.457. The van der Waals surface area contributed by atoms with Crippen LogP contribution in [0.5, 0.6) is 0 Å². The van der Waals surface area contributed by atoms with Crippen molar-refractivity contribution in [1.29, 1.82) is 0 Å². The Morgan fingerprint density at radius 2 is 1.80 bits per heavy atom. The Morgan fingerprint density at radius 3 is 2.60 bits per heavy atom. The summed E-state index contributed by atoms with van der Waals surface area (Å²) in [7, 11) is 0. The number of amides is 2. The van der Waals surface area contributed by atoms with E-state index in [1.54, 1.807) is 0 Å². The van der Waals surface area contributed by atoms with Crippen molar-refractivity contribution in [1.82, 2.24) is 16.0 Å². The highest BCUT2D eigenvalue weighted by Crippen LogP contribution is 2.35. The molecule has 3 saturated heterocycles. The van der Waals surface area contributed by atoms with Crippen molar-refractivity contribution in [3.63, 3.8) is 0 Å². The lowest BCUT2D eigenvalue weighted by atomic mass is 9.92. The van der Waals surface area contributed by atoms with Crippen LogP contribution >= 0.6 is 11.8 Å². The standard InChI is InChI=1S/C28H38FN3O7S/c29-17-10-8-15(9-11-17)26(36)31-14-18-6-1-2-7-19(25-22(34)21(33)23(35)28(39-25)40-18)32-27(37)20-24-16(13-30-20)5-3-4-12-38-24/h1-2,8-11,16,18-25,28,30,33-35H,3-7,12-14H2,(H,31,36)(H,32,37)/b2-1-. The molecule has 12 heteroatoms. The lowest BCUT2D eigenvalue weighted by Gasteiger charge is -2.44. The highest BCUT2D eigenvalue weighted by molar-refractivity contribution is 8.00. The molecular weight excluding hydrogens is 541 g/mol. The summed E-state index contributed by atoms with van der Waals surface area (Å²) in [6, 6.07) is 4.07. The van der Waals surface area contributed by atoms with Crippen molar-refractivity contribution >= 4 is 23.6 Å². The number of thioether (sulfide) groups is 1. The molecule has 4 aliphatic heterocycles. The molecule has 2 amide bonds. The molecule has 0 spiro atoms. The van der Waals surface area contributed by atoms with E-state index in [1.165, 1.54) is 36.0 Å². The molecule has 4 aliphatic rings. The molecule has 0 aliphatic carbocycles. The summed E-state index contributed by atoms with van der Waals surface area (Å²) in [5.41, 5.74) is -0.577. The lowest BCUT2D eigenvalue weighted by Crippen LogP contribution is -2.64. The number of fused-ring (bicyclic) bond motifs is 3. The van der Waals surface area contributed by atoms with E-state index in [4.69, 9.17) is 9.47 Å². The van der Waals surface area contributed by atoms with Crippen molar-refractivity contribution < 1.29 is 38.8 Å². The van der Waals surface area contributed by atoms with Crippen molar-refractivity contribution in [2.45, 2.75) is 85.4 Å². The summed E-state index contributed by atoms with van der Waals surface area (Å²) in [6.45, 7) is 1.56. The Morgan fingerprint density at radius 1 is 1.02 bits per heavy atom. The van der Waals surface area contributed by atoms with Gasteiger partial charge in [0.15, 0.2) is 0 Å². The zero-order valence-electron chi connectivity index (χ0n) is 22.2. The highest BCUT2D eigenvalue weighted by atomic mass is 32.2. The number of hydrogen-bond acceptors (Lipinski definition) is 9. The van der Waals surface area contributed by atoms with Crippen LogP contribution in [-0.2, 0) is 14.3 Å². The van der Waals surface area contributed by atoms with E-state index in [2.05, 4.69) is 16.0 Å². The van der Waals surface area contributed by atoms with Crippen molar-refractivity contribution in [2.75, 3.05) is 19.7 Å². The lowest BCUT2D eigenvalue weighted by molar-refractivity contribution is -0.205. The maximum atomic E-state index is 13.4. The molecule has 10 nitrogen and oxygen atoms in total. The highest BCUT2D eigenvalue weighted by Gasteiger charge is 2.49. The van der Waals surface area contributed by atoms with Gasteiger partial charge in [0, 0.05) is 30.5 Å². The van der Waals surface area contributed by atoms with Crippen LogP contribution in [0.4, 0.5) is 4.39 Å². The number of aliphatic hydroxyl groups excluding tert-OH is 3. The molecule has 6 N–H and O–H groups in total. The topological polar surface area (TPSA) is 149 Å². The maximum Gasteiger partial charge on any atom is 0.251 e. The number of halogens is 1. The number of nitrogens with one attached hydrogen (secondary N) is 3. The van der Waals surface area contributed by atoms with E-state index in [-0.39, 0.29) is 35.6 Å². The normalized spacial score (nSPS) is 38.9. The smallest absolute Gasteiger partial charge is 0.251 e. The largest absolute Gasteiger partial charge is 0.388 e. The fourth-order valence-corrected chi connectivity index (χ4v) is 7.19. The Labute approximate surface area is 237 Å². The molecule has 40 heavy (non-hydrogen) atoms. The zero-order valence-corrected chi connectivity index (χ0v) is 23.0. The van der Waals surface area contributed by atoms with Crippen LogP contribution in [0.25, 0.3) is 0 Å². The number of rotatable bonds is 5. The monoisotopic (exact) mass is 579 g/mol.